The highest BCUT2D eigenvalue weighted by Crippen LogP contribution is 2.23. The van der Waals surface area contributed by atoms with E-state index < -0.39 is 0 Å². The van der Waals surface area contributed by atoms with Crippen LogP contribution >= 0.6 is 0 Å². The second-order valence-electron chi connectivity index (χ2n) is 7.45. The maximum absolute atomic E-state index is 12.8. The monoisotopic (exact) mass is 379 g/mol. The number of hydrogen-bond donors (Lipinski definition) is 0. The highest BCUT2D eigenvalue weighted by Gasteiger charge is 2.28. The van der Waals surface area contributed by atoms with E-state index in [2.05, 4.69) is 33.1 Å². The Hall–Kier alpha value is -3.09. The Morgan fingerprint density at radius 3 is 2.79 bits per heavy atom. The lowest BCUT2D eigenvalue weighted by molar-refractivity contribution is -0.129. The van der Waals surface area contributed by atoms with E-state index in [0.717, 1.165) is 28.7 Å². The highest BCUT2D eigenvalue weighted by atomic mass is 16.5. The first-order chi connectivity index (χ1) is 13.5. The third-order valence-corrected chi connectivity index (χ3v) is 5.19. The first kappa shape index (κ1) is 18.3. The minimum atomic E-state index is -0.0454. The first-order valence-electron chi connectivity index (χ1n) is 9.49. The van der Waals surface area contributed by atoms with Gasteiger partial charge in [-0.2, -0.15) is 0 Å². The fourth-order valence-corrected chi connectivity index (χ4v) is 3.68. The van der Waals surface area contributed by atoms with Gasteiger partial charge in [0, 0.05) is 57.3 Å². The Bertz CT molecular complexity index is 980. The Labute approximate surface area is 164 Å². The Balaban J connectivity index is 1.37. The molecule has 1 aliphatic rings. The van der Waals surface area contributed by atoms with Crippen molar-refractivity contribution in [1.82, 2.24) is 19.7 Å². The number of likely N-dealkylation sites (tertiary alicyclic amines) is 1. The summed E-state index contributed by atoms with van der Waals surface area (Å²) in [6.45, 7) is 1.29. The van der Waals surface area contributed by atoms with Gasteiger partial charge in [0.1, 0.15) is 6.10 Å². The van der Waals surface area contributed by atoms with Crippen molar-refractivity contribution < 1.29 is 9.53 Å². The molecule has 1 aliphatic heterocycles. The van der Waals surface area contributed by atoms with Gasteiger partial charge in [0.25, 0.3) is 0 Å². The van der Waals surface area contributed by atoms with Crippen LogP contribution < -0.4 is 9.64 Å². The summed E-state index contributed by atoms with van der Waals surface area (Å²) in [4.78, 5) is 16.6. The number of benzene rings is 1. The van der Waals surface area contributed by atoms with E-state index in [1.165, 1.54) is 0 Å². The maximum atomic E-state index is 12.8. The highest BCUT2D eigenvalue weighted by molar-refractivity contribution is 5.89. The molecule has 7 nitrogen and oxygen atoms in total. The van der Waals surface area contributed by atoms with Gasteiger partial charge in [-0.25, -0.2) is 0 Å². The number of aryl methyl sites for hydroxylation is 1. The number of carbonyl (C=O) groups is 1. The predicted octanol–water partition coefficient (Wildman–Crippen LogP) is 2.26. The van der Waals surface area contributed by atoms with Gasteiger partial charge in [0.2, 0.25) is 11.8 Å². The summed E-state index contributed by atoms with van der Waals surface area (Å²) in [5.74, 6) is 1.42. The van der Waals surface area contributed by atoms with Crippen molar-refractivity contribution in [3.63, 3.8) is 0 Å². The summed E-state index contributed by atoms with van der Waals surface area (Å²) in [7, 11) is 5.85. The van der Waals surface area contributed by atoms with Crippen molar-refractivity contribution in [1.29, 1.82) is 0 Å². The zero-order valence-electron chi connectivity index (χ0n) is 16.5. The van der Waals surface area contributed by atoms with Crippen LogP contribution in [0, 0.1) is 0 Å². The molecule has 1 unspecified atom stereocenters. The minimum Gasteiger partial charge on any atom is -0.471 e. The fourth-order valence-electron chi connectivity index (χ4n) is 3.68. The molecule has 1 saturated heterocycles. The average molecular weight is 379 g/mol. The molecule has 3 aromatic rings. The second kappa shape index (κ2) is 7.50. The molecule has 0 aliphatic carbocycles. The van der Waals surface area contributed by atoms with Crippen LogP contribution in [-0.4, -0.2) is 58.9 Å². The lowest BCUT2D eigenvalue weighted by Gasteiger charge is -2.17. The molecule has 0 radical (unpaired) electrons. The number of amides is 1. The van der Waals surface area contributed by atoms with E-state index in [1.54, 1.807) is 0 Å². The van der Waals surface area contributed by atoms with Crippen LogP contribution in [0.2, 0.25) is 0 Å². The SMILES string of the molecule is CN(C)c1ccc(OC2CCN(C(=O)Cc3cn(C)c4ccccc34)C2)nn1. The van der Waals surface area contributed by atoms with Gasteiger partial charge in [-0.15, -0.1) is 10.2 Å². The van der Waals surface area contributed by atoms with Gasteiger partial charge in [-0.1, -0.05) is 18.2 Å². The van der Waals surface area contributed by atoms with Crippen LogP contribution in [0.4, 0.5) is 5.82 Å². The normalized spacial score (nSPS) is 16.5. The third-order valence-electron chi connectivity index (χ3n) is 5.19. The number of anilines is 1. The van der Waals surface area contributed by atoms with Gasteiger partial charge in [-0.3, -0.25) is 4.79 Å². The largest absolute Gasteiger partial charge is 0.471 e. The van der Waals surface area contributed by atoms with Crippen LogP contribution in [-0.2, 0) is 18.3 Å². The Kier molecular flexibility index (Phi) is 4.90. The first-order valence-corrected chi connectivity index (χ1v) is 9.49. The molecule has 0 saturated carbocycles. The van der Waals surface area contributed by atoms with Crippen LogP contribution in [0.15, 0.2) is 42.6 Å². The zero-order chi connectivity index (χ0) is 19.7. The number of ether oxygens (including phenoxy) is 1. The van der Waals surface area contributed by atoms with E-state index in [9.17, 15) is 4.79 Å². The van der Waals surface area contributed by atoms with Crippen molar-refractivity contribution in [3.05, 3.63) is 48.2 Å². The Morgan fingerprint density at radius 2 is 2.04 bits per heavy atom. The van der Waals surface area contributed by atoms with Gasteiger partial charge in [0.05, 0.1) is 13.0 Å². The van der Waals surface area contributed by atoms with E-state index in [1.807, 2.05) is 55.2 Å². The smallest absolute Gasteiger partial charge is 0.233 e. The summed E-state index contributed by atoms with van der Waals surface area (Å²) in [6, 6.07) is 11.9. The molecule has 1 aromatic carbocycles. The van der Waals surface area contributed by atoms with Crippen molar-refractivity contribution in [3.8, 4) is 5.88 Å². The van der Waals surface area contributed by atoms with Crippen LogP contribution in [0.25, 0.3) is 10.9 Å². The molecule has 3 heterocycles. The molecule has 7 heteroatoms. The van der Waals surface area contributed by atoms with Crippen molar-refractivity contribution >= 4 is 22.6 Å². The summed E-state index contributed by atoms with van der Waals surface area (Å²) in [6.07, 6.45) is 3.22. The standard InChI is InChI=1S/C21H25N5O2/c1-24(2)19-8-9-20(23-22-19)28-16-10-11-26(14-16)21(27)12-15-13-25(3)18-7-5-4-6-17(15)18/h4-9,13,16H,10-12,14H2,1-3H3. The molecular formula is C21H25N5O2. The lowest BCUT2D eigenvalue weighted by atomic mass is 10.1. The summed E-state index contributed by atoms with van der Waals surface area (Å²) in [5, 5.41) is 9.39. The summed E-state index contributed by atoms with van der Waals surface area (Å²) < 4.78 is 8.00. The molecular weight excluding hydrogens is 354 g/mol. The van der Waals surface area contributed by atoms with Gasteiger partial charge < -0.3 is 19.1 Å². The number of hydrogen-bond acceptors (Lipinski definition) is 5. The molecule has 0 bridgehead atoms. The zero-order valence-corrected chi connectivity index (χ0v) is 16.5. The van der Waals surface area contributed by atoms with Crippen molar-refractivity contribution in [2.24, 2.45) is 7.05 Å². The van der Waals surface area contributed by atoms with Crippen LogP contribution in [0.3, 0.4) is 0 Å². The molecule has 0 spiro atoms. The van der Waals surface area contributed by atoms with E-state index >= 15 is 0 Å². The average Bonchev–Trinajstić information content (AvgIpc) is 3.28. The van der Waals surface area contributed by atoms with Crippen LogP contribution in [0.5, 0.6) is 5.88 Å². The van der Waals surface area contributed by atoms with Gasteiger partial charge in [0.15, 0.2) is 5.82 Å². The van der Waals surface area contributed by atoms with Gasteiger partial charge in [-0.05, 0) is 17.7 Å². The molecule has 28 heavy (non-hydrogen) atoms. The third kappa shape index (κ3) is 3.65. The van der Waals surface area contributed by atoms with Gasteiger partial charge >= 0.3 is 0 Å². The molecule has 0 N–H and O–H groups in total. The topological polar surface area (TPSA) is 63.5 Å². The van der Waals surface area contributed by atoms with E-state index in [0.29, 0.717) is 25.4 Å². The van der Waals surface area contributed by atoms with Crippen LogP contribution in [0.1, 0.15) is 12.0 Å². The molecule has 1 fully saturated rings. The van der Waals surface area contributed by atoms with Crippen molar-refractivity contribution in [2.75, 3.05) is 32.1 Å². The minimum absolute atomic E-state index is 0.0454. The number of carbonyl (C=O) groups excluding carboxylic acids is 1. The number of aromatic nitrogens is 3. The van der Waals surface area contributed by atoms with Crippen molar-refractivity contribution in [2.45, 2.75) is 18.9 Å². The number of fused-ring (bicyclic) bond motifs is 1. The number of rotatable bonds is 5. The molecule has 4 rings (SSSR count). The molecule has 1 amide bonds. The quantitative estimate of drug-likeness (QED) is 0.680. The number of nitrogens with zero attached hydrogens (tertiary/aromatic N) is 5. The number of para-hydroxylation sites is 1. The molecule has 2 aromatic heterocycles. The van der Waals surface area contributed by atoms with E-state index in [-0.39, 0.29) is 12.0 Å². The maximum Gasteiger partial charge on any atom is 0.233 e. The Morgan fingerprint density at radius 1 is 1.21 bits per heavy atom. The lowest BCUT2D eigenvalue weighted by Crippen LogP contribution is -2.32. The molecule has 146 valence electrons. The molecule has 1 atom stereocenters. The fraction of sp³-hybridized carbons (Fsp3) is 0.381. The van der Waals surface area contributed by atoms with E-state index in [4.69, 9.17) is 4.74 Å². The predicted molar refractivity (Wildman–Crippen MR) is 109 cm³/mol. The summed E-state index contributed by atoms with van der Waals surface area (Å²) >= 11 is 0. The summed E-state index contributed by atoms with van der Waals surface area (Å²) in [5.41, 5.74) is 2.21. The second-order valence-corrected chi connectivity index (χ2v) is 7.45.